The van der Waals surface area contributed by atoms with Crippen molar-refractivity contribution in [2.24, 2.45) is 0 Å². The summed E-state index contributed by atoms with van der Waals surface area (Å²) in [5.41, 5.74) is 0.957. The van der Waals surface area contributed by atoms with Crippen LogP contribution in [0.3, 0.4) is 0 Å². The van der Waals surface area contributed by atoms with Crippen LogP contribution in [0.5, 0.6) is 0 Å². The molecule has 0 aliphatic heterocycles. The van der Waals surface area contributed by atoms with Crippen molar-refractivity contribution in [3.8, 4) is 10.7 Å². The van der Waals surface area contributed by atoms with E-state index in [-0.39, 0.29) is 0 Å². The summed E-state index contributed by atoms with van der Waals surface area (Å²) in [4.78, 5) is 9.91. The molecule has 0 aliphatic carbocycles. The van der Waals surface area contributed by atoms with Gasteiger partial charge in [-0.3, -0.25) is 0 Å². The molecule has 5 heteroatoms. The standard InChI is InChI=1S/C12H14ClN3S/c1-3-6-14-11-7-8(2)15-12(16-11)9-4-5-10(13)17-9/h4-5,7H,3,6H2,1-2H3,(H,14,15,16). The van der Waals surface area contributed by atoms with E-state index in [1.165, 1.54) is 11.3 Å². The van der Waals surface area contributed by atoms with E-state index in [0.29, 0.717) is 0 Å². The number of nitrogens with one attached hydrogen (secondary N) is 1. The molecular formula is C12H14ClN3S. The van der Waals surface area contributed by atoms with Gasteiger partial charge in [-0.05, 0) is 25.5 Å². The summed E-state index contributed by atoms with van der Waals surface area (Å²) in [6, 6.07) is 5.77. The monoisotopic (exact) mass is 267 g/mol. The van der Waals surface area contributed by atoms with Crippen LogP contribution in [-0.2, 0) is 0 Å². The predicted molar refractivity (Wildman–Crippen MR) is 73.9 cm³/mol. The second kappa shape index (κ2) is 5.47. The van der Waals surface area contributed by atoms with E-state index in [1.807, 2.05) is 25.1 Å². The van der Waals surface area contributed by atoms with Gasteiger partial charge in [-0.15, -0.1) is 11.3 Å². The van der Waals surface area contributed by atoms with Gasteiger partial charge in [-0.1, -0.05) is 18.5 Å². The highest BCUT2D eigenvalue weighted by molar-refractivity contribution is 7.19. The van der Waals surface area contributed by atoms with E-state index in [0.717, 1.165) is 39.5 Å². The van der Waals surface area contributed by atoms with Crippen LogP contribution in [0.1, 0.15) is 19.0 Å². The SMILES string of the molecule is CCCNc1cc(C)nc(-c2ccc(Cl)s2)n1. The average Bonchev–Trinajstić information content (AvgIpc) is 2.72. The average molecular weight is 268 g/mol. The van der Waals surface area contributed by atoms with Crippen molar-refractivity contribution in [1.29, 1.82) is 0 Å². The molecule has 0 unspecified atom stereocenters. The lowest BCUT2D eigenvalue weighted by molar-refractivity contribution is 0.963. The maximum Gasteiger partial charge on any atom is 0.171 e. The Morgan fingerprint density at radius 3 is 2.82 bits per heavy atom. The molecule has 0 spiro atoms. The van der Waals surface area contributed by atoms with E-state index >= 15 is 0 Å². The molecule has 90 valence electrons. The first-order valence-electron chi connectivity index (χ1n) is 5.54. The maximum absolute atomic E-state index is 5.92. The fourth-order valence-electron chi connectivity index (χ4n) is 1.46. The number of hydrogen-bond donors (Lipinski definition) is 1. The minimum Gasteiger partial charge on any atom is -0.370 e. The van der Waals surface area contributed by atoms with Crippen LogP contribution >= 0.6 is 22.9 Å². The number of hydrogen-bond acceptors (Lipinski definition) is 4. The molecule has 2 aromatic rings. The molecule has 2 rings (SSSR count). The van der Waals surface area contributed by atoms with Gasteiger partial charge in [-0.2, -0.15) is 0 Å². The van der Waals surface area contributed by atoms with Crippen molar-refractivity contribution < 1.29 is 0 Å². The van der Waals surface area contributed by atoms with Gasteiger partial charge in [-0.25, -0.2) is 9.97 Å². The minimum absolute atomic E-state index is 0.737. The summed E-state index contributed by atoms with van der Waals surface area (Å²) < 4.78 is 0.758. The quantitative estimate of drug-likeness (QED) is 0.910. The summed E-state index contributed by atoms with van der Waals surface area (Å²) in [5.74, 6) is 1.61. The molecule has 0 fully saturated rings. The van der Waals surface area contributed by atoms with Gasteiger partial charge in [0.2, 0.25) is 0 Å². The summed E-state index contributed by atoms with van der Waals surface area (Å²) >= 11 is 7.42. The second-order valence-electron chi connectivity index (χ2n) is 3.75. The molecule has 1 N–H and O–H groups in total. The molecular weight excluding hydrogens is 254 g/mol. The Hall–Kier alpha value is -1.13. The summed E-state index contributed by atoms with van der Waals surface area (Å²) in [6.07, 6.45) is 1.07. The lowest BCUT2D eigenvalue weighted by atomic mass is 10.3. The topological polar surface area (TPSA) is 37.8 Å². The highest BCUT2D eigenvalue weighted by atomic mass is 35.5. The van der Waals surface area contributed by atoms with Gasteiger partial charge in [0.1, 0.15) is 5.82 Å². The molecule has 0 saturated heterocycles. The van der Waals surface area contributed by atoms with Gasteiger partial charge >= 0.3 is 0 Å². The first-order chi connectivity index (χ1) is 8.19. The third kappa shape index (κ3) is 3.17. The van der Waals surface area contributed by atoms with E-state index in [1.54, 1.807) is 0 Å². The van der Waals surface area contributed by atoms with Crippen LogP contribution in [-0.4, -0.2) is 16.5 Å². The smallest absolute Gasteiger partial charge is 0.171 e. The molecule has 0 atom stereocenters. The zero-order chi connectivity index (χ0) is 12.3. The Bertz CT molecular complexity index is 510. The Labute approximate surface area is 110 Å². The van der Waals surface area contributed by atoms with Crippen molar-refractivity contribution >= 4 is 28.8 Å². The zero-order valence-electron chi connectivity index (χ0n) is 9.83. The van der Waals surface area contributed by atoms with Crippen molar-refractivity contribution in [2.45, 2.75) is 20.3 Å². The first kappa shape index (κ1) is 12.3. The maximum atomic E-state index is 5.92. The number of halogens is 1. The van der Waals surface area contributed by atoms with Gasteiger partial charge in [0.15, 0.2) is 5.82 Å². The second-order valence-corrected chi connectivity index (χ2v) is 5.46. The molecule has 0 aromatic carbocycles. The lowest BCUT2D eigenvalue weighted by Gasteiger charge is -2.06. The van der Waals surface area contributed by atoms with Crippen LogP contribution in [0.2, 0.25) is 4.34 Å². The van der Waals surface area contributed by atoms with E-state index in [9.17, 15) is 0 Å². The number of aryl methyl sites for hydroxylation is 1. The number of anilines is 1. The largest absolute Gasteiger partial charge is 0.370 e. The van der Waals surface area contributed by atoms with Crippen molar-refractivity contribution in [1.82, 2.24) is 9.97 Å². The predicted octanol–water partition coefficient (Wildman–Crippen LogP) is 3.99. The fraction of sp³-hybridized carbons (Fsp3) is 0.333. The first-order valence-corrected chi connectivity index (χ1v) is 6.73. The van der Waals surface area contributed by atoms with Gasteiger partial charge in [0.25, 0.3) is 0 Å². The number of nitrogens with zero attached hydrogens (tertiary/aromatic N) is 2. The number of thiophene rings is 1. The van der Waals surface area contributed by atoms with Crippen LogP contribution in [0, 0.1) is 6.92 Å². The third-order valence-electron chi connectivity index (χ3n) is 2.20. The Morgan fingerprint density at radius 2 is 2.18 bits per heavy atom. The third-order valence-corrected chi connectivity index (χ3v) is 3.43. The van der Waals surface area contributed by atoms with Gasteiger partial charge < -0.3 is 5.32 Å². The van der Waals surface area contributed by atoms with E-state index < -0.39 is 0 Å². The molecule has 2 aromatic heterocycles. The van der Waals surface area contributed by atoms with E-state index in [2.05, 4.69) is 22.2 Å². The van der Waals surface area contributed by atoms with Crippen LogP contribution < -0.4 is 5.32 Å². The van der Waals surface area contributed by atoms with Crippen molar-refractivity contribution in [3.63, 3.8) is 0 Å². The van der Waals surface area contributed by atoms with Gasteiger partial charge in [0, 0.05) is 18.3 Å². The Balaban J connectivity index is 2.31. The summed E-state index contributed by atoms with van der Waals surface area (Å²) in [5, 5.41) is 3.27. The molecule has 3 nitrogen and oxygen atoms in total. The molecule has 2 heterocycles. The fourth-order valence-corrected chi connectivity index (χ4v) is 2.43. The summed E-state index contributed by atoms with van der Waals surface area (Å²) in [6.45, 7) is 5.01. The molecule has 0 aliphatic rings. The van der Waals surface area contributed by atoms with Crippen LogP contribution in [0.15, 0.2) is 18.2 Å². The Kier molecular flexibility index (Phi) is 3.97. The number of aromatic nitrogens is 2. The number of rotatable bonds is 4. The molecule has 0 radical (unpaired) electrons. The normalized spacial score (nSPS) is 10.5. The highest BCUT2D eigenvalue weighted by Gasteiger charge is 2.07. The zero-order valence-corrected chi connectivity index (χ0v) is 11.4. The minimum atomic E-state index is 0.737. The molecule has 0 saturated carbocycles. The van der Waals surface area contributed by atoms with Gasteiger partial charge in [0.05, 0.1) is 9.21 Å². The van der Waals surface area contributed by atoms with Crippen LogP contribution in [0.25, 0.3) is 10.7 Å². The van der Waals surface area contributed by atoms with Crippen molar-refractivity contribution in [3.05, 3.63) is 28.2 Å². The molecule has 0 amide bonds. The summed E-state index contributed by atoms with van der Waals surface area (Å²) in [7, 11) is 0. The highest BCUT2D eigenvalue weighted by Crippen LogP contribution is 2.29. The molecule has 0 bridgehead atoms. The van der Waals surface area contributed by atoms with Crippen molar-refractivity contribution in [2.75, 3.05) is 11.9 Å². The Morgan fingerprint density at radius 1 is 1.35 bits per heavy atom. The molecule has 17 heavy (non-hydrogen) atoms. The lowest BCUT2D eigenvalue weighted by Crippen LogP contribution is -2.04. The van der Waals surface area contributed by atoms with Crippen LogP contribution in [0.4, 0.5) is 5.82 Å². The van der Waals surface area contributed by atoms with E-state index in [4.69, 9.17) is 11.6 Å².